The van der Waals surface area contributed by atoms with Crippen LogP contribution in [0.15, 0.2) is 47.5 Å². The number of nitrogens with one attached hydrogen (secondary N) is 2. The number of aliphatic imine (C=N–C) groups is 1. The molecule has 0 spiro atoms. The summed E-state index contributed by atoms with van der Waals surface area (Å²) in [7, 11) is 1.99. The number of halogens is 1. The van der Waals surface area contributed by atoms with Gasteiger partial charge in [0.2, 0.25) is 0 Å². The predicted octanol–water partition coefficient (Wildman–Crippen LogP) is 4.93. The molecule has 3 aromatic rings. The Morgan fingerprint density at radius 3 is 2.56 bits per heavy atom. The standard InChI is InChI=1S/C26H33N5O2.HI/c1-18-8-5-6-9-21(18)17-28-26(27-13-12-23-19(2)30-31(4)20(23)3)29-22-10-11-24-25(16-22)33-15-7-14-32-24;/h5-6,8-11,16H,7,12-15,17H2,1-4H3,(H2,27,28,29);1H. The van der Waals surface area contributed by atoms with E-state index in [0.717, 1.165) is 48.2 Å². The summed E-state index contributed by atoms with van der Waals surface area (Å²) in [6.45, 7) is 8.96. The molecule has 2 N–H and O–H groups in total. The first-order chi connectivity index (χ1) is 16.0. The van der Waals surface area contributed by atoms with Crippen molar-refractivity contribution in [3.8, 4) is 11.5 Å². The molecule has 2 heterocycles. The second-order valence-electron chi connectivity index (χ2n) is 8.38. The maximum Gasteiger partial charge on any atom is 0.196 e. The van der Waals surface area contributed by atoms with Crippen molar-refractivity contribution in [2.75, 3.05) is 25.1 Å². The maximum absolute atomic E-state index is 5.85. The maximum atomic E-state index is 5.85. The fourth-order valence-electron chi connectivity index (χ4n) is 3.95. The average Bonchev–Trinajstić information content (AvgIpc) is 2.97. The molecular formula is C26H34IN5O2. The van der Waals surface area contributed by atoms with E-state index in [1.54, 1.807) is 0 Å². The Bertz CT molecular complexity index is 1140. The summed E-state index contributed by atoms with van der Waals surface area (Å²) in [6.07, 6.45) is 1.76. The highest BCUT2D eigenvalue weighted by Gasteiger charge is 2.13. The number of aromatic nitrogens is 2. The zero-order valence-electron chi connectivity index (χ0n) is 20.4. The molecule has 0 amide bonds. The van der Waals surface area contributed by atoms with Crippen LogP contribution in [0.3, 0.4) is 0 Å². The SMILES string of the molecule is Cc1ccccc1CN=C(NCCc1c(C)nn(C)c1C)Nc1ccc2c(c1)OCCCO2.I. The molecule has 8 heteroatoms. The van der Waals surface area contributed by atoms with Gasteiger partial charge in [-0.05, 0) is 56.0 Å². The predicted molar refractivity (Wildman–Crippen MR) is 148 cm³/mol. The normalized spacial score (nSPS) is 13.1. The quantitative estimate of drug-likeness (QED) is 0.248. The highest BCUT2D eigenvalue weighted by Crippen LogP contribution is 2.32. The van der Waals surface area contributed by atoms with Crippen molar-refractivity contribution < 1.29 is 9.47 Å². The van der Waals surface area contributed by atoms with Gasteiger partial charge in [-0.2, -0.15) is 5.10 Å². The minimum Gasteiger partial charge on any atom is -0.490 e. The third kappa shape index (κ3) is 6.43. The highest BCUT2D eigenvalue weighted by atomic mass is 127. The van der Waals surface area contributed by atoms with Crippen LogP contribution in [-0.2, 0) is 20.0 Å². The van der Waals surface area contributed by atoms with Crippen molar-refractivity contribution >= 4 is 35.6 Å². The first kappa shape index (κ1) is 25.9. The van der Waals surface area contributed by atoms with Crippen LogP contribution in [0.1, 0.15) is 34.5 Å². The fourth-order valence-corrected chi connectivity index (χ4v) is 3.95. The number of fused-ring (bicyclic) bond motifs is 1. The summed E-state index contributed by atoms with van der Waals surface area (Å²) in [5, 5.41) is 11.5. The van der Waals surface area contributed by atoms with Gasteiger partial charge in [-0.25, -0.2) is 4.99 Å². The van der Waals surface area contributed by atoms with Gasteiger partial charge in [0.15, 0.2) is 17.5 Å². The average molecular weight is 575 g/mol. The van der Waals surface area contributed by atoms with Crippen LogP contribution >= 0.6 is 24.0 Å². The number of nitrogens with zero attached hydrogens (tertiary/aromatic N) is 3. The van der Waals surface area contributed by atoms with Crippen LogP contribution in [0.25, 0.3) is 0 Å². The van der Waals surface area contributed by atoms with Gasteiger partial charge >= 0.3 is 0 Å². The number of ether oxygens (including phenoxy) is 2. The lowest BCUT2D eigenvalue weighted by Gasteiger charge is -2.15. The van der Waals surface area contributed by atoms with Crippen LogP contribution in [0.4, 0.5) is 5.69 Å². The third-order valence-corrected chi connectivity index (χ3v) is 6.01. The summed E-state index contributed by atoms with van der Waals surface area (Å²) >= 11 is 0. The van der Waals surface area contributed by atoms with Crippen molar-refractivity contribution in [3.63, 3.8) is 0 Å². The molecule has 0 saturated heterocycles. The van der Waals surface area contributed by atoms with Crippen LogP contribution < -0.4 is 20.1 Å². The van der Waals surface area contributed by atoms with Crippen molar-refractivity contribution in [2.24, 2.45) is 12.0 Å². The second kappa shape index (κ2) is 12.1. The lowest BCUT2D eigenvalue weighted by molar-refractivity contribution is 0.297. The van der Waals surface area contributed by atoms with Gasteiger partial charge in [0.25, 0.3) is 0 Å². The van der Waals surface area contributed by atoms with E-state index < -0.39 is 0 Å². The molecule has 0 bridgehead atoms. The molecule has 0 fully saturated rings. The molecular weight excluding hydrogens is 541 g/mol. The monoisotopic (exact) mass is 575 g/mol. The van der Waals surface area contributed by atoms with Crippen molar-refractivity contribution in [2.45, 2.75) is 40.2 Å². The van der Waals surface area contributed by atoms with Crippen LogP contribution in [0.5, 0.6) is 11.5 Å². The number of anilines is 1. The first-order valence-electron chi connectivity index (χ1n) is 11.5. The number of hydrogen-bond donors (Lipinski definition) is 2. The summed E-state index contributed by atoms with van der Waals surface area (Å²) in [5.41, 5.74) is 6.89. The van der Waals surface area contributed by atoms with E-state index in [4.69, 9.17) is 14.5 Å². The van der Waals surface area contributed by atoms with Crippen LogP contribution in [0, 0.1) is 20.8 Å². The second-order valence-corrected chi connectivity index (χ2v) is 8.38. The summed E-state index contributed by atoms with van der Waals surface area (Å²) in [5.74, 6) is 2.27. The summed E-state index contributed by atoms with van der Waals surface area (Å²) in [6, 6.07) is 14.3. The van der Waals surface area contributed by atoms with E-state index >= 15 is 0 Å². The molecule has 0 aliphatic carbocycles. The van der Waals surface area contributed by atoms with Crippen molar-refractivity contribution in [1.29, 1.82) is 0 Å². The molecule has 1 aliphatic heterocycles. The lowest BCUT2D eigenvalue weighted by Crippen LogP contribution is -2.32. The van der Waals surface area contributed by atoms with Gasteiger partial charge in [0, 0.05) is 37.5 Å². The fraction of sp³-hybridized carbons (Fsp3) is 0.385. The van der Waals surface area contributed by atoms with E-state index in [2.05, 4.69) is 60.8 Å². The Kier molecular flexibility index (Phi) is 9.20. The van der Waals surface area contributed by atoms with E-state index in [1.165, 1.54) is 22.4 Å². The summed E-state index contributed by atoms with van der Waals surface area (Å²) in [4.78, 5) is 4.86. The number of benzene rings is 2. The molecule has 2 aromatic carbocycles. The minimum atomic E-state index is 0. The molecule has 1 aromatic heterocycles. The van der Waals surface area contributed by atoms with Crippen LogP contribution in [-0.4, -0.2) is 35.5 Å². The Balaban J connectivity index is 0.00000324. The Morgan fingerprint density at radius 1 is 1.06 bits per heavy atom. The molecule has 4 rings (SSSR count). The largest absolute Gasteiger partial charge is 0.490 e. The number of aryl methyl sites for hydroxylation is 3. The first-order valence-corrected chi connectivity index (χ1v) is 11.5. The van der Waals surface area contributed by atoms with Crippen LogP contribution in [0.2, 0.25) is 0 Å². The molecule has 34 heavy (non-hydrogen) atoms. The van der Waals surface area contributed by atoms with E-state index in [9.17, 15) is 0 Å². The zero-order valence-corrected chi connectivity index (χ0v) is 22.7. The molecule has 1 aliphatic rings. The smallest absolute Gasteiger partial charge is 0.196 e. The molecule has 0 atom stereocenters. The molecule has 0 unspecified atom stereocenters. The van der Waals surface area contributed by atoms with Gasteiger partial charge in [0.1, 0.15) is 0 Å². The zero-order chi connectivity index (χ0) is 23.2. The Labute approximate surface area is 219 Å². The molecule has 7 nitrogen and oxygen atoms in total. The van der Waals surface area contributed by atoms with Gasteiger partial charge in [0.05, 0.1) is 25.5 Å². The minimum absolute atomic E-state index is 0. The Morgan fingerprint density at radius 2 is 1.82 bits per heavy atom. The number of hydrogen-bond acceptors (Lipinski definition) is 4. The van der Waals surface area contributed by atoms with E-state index in [1.807, 2.05) is 29.9 Å². The lowest BCUT2D eigenvalue weighted by atomic mass is 10.1. The van der Waals surface area contributed by atoms with Gasteiger partial charge in [-0.1, -0.05) is 24.3 Å². The number of guanidine groups is 1. The van der Waals surface area contributed by atoms with Crippen molar-refractivity contribution in [1.82, 2.24) is 15.1 Å². The van der Waals surface area contributed by atoms with E-state index in [-0.39, 0.29) is 24.0 Å². The molecule has 0 radical (unpaired) electrons. The Hall–Kier alpha value is -2.75. The van der Waals surface area contributed by atoms with E-state index in [0.29, 0.717) is 19.8 Å². The van der Waals surface area contributed by atoms with Gasteiger partial charge in [-0.3, -0.25) is 4.68 Å². The number of rotatable bonds is 6. The van der Waals surface area contributed by atoms with Gasteiger partial charge < -0.3 is 20.1 Å². The third-order valence-electron chi connectivity index (χ3n) is 6.01. The van der Waals surface area contributed by atoms with Crippen molar-refractivity contribution in [3.05, 3.63) is 70.5 Å². The van der Waals surface area contributed by atoms with Gasteiger partial charge in [-0.15, -0.1) is 24.0 Å². The molecule has 0 saturated carbocycles. The topological polar surface area (TPSA) is 72.7 Å². The highest BCUT2D eigenvalue weighted by molar-refractivity contribution is 14.0. The summed E-state index contributed by atoms with van der Waals surface area (Å²) < 4.78 is 13.5. The molecule has 182 valence electrons.